The number of hydrogen-bond acceptors (Lipinski definition) is 3. The summed E-state index contributed by atoms with van der Waals surface area (Å²) in [6.45, 7) is 6.42. The molecule has 4 nitrogen and oxygen atoms in total. The highest BCUT2D eigenvalue weighted by Crippen LogP contribution is 2.19. The second-order valence-corrected chi connectivity index (χ2v) is 9.27. The highest BCUT2D eigenvalue weighted by molar-refractivity contribution is 9.10. The van der Waals surface area contributed by atoms with E-state index in [1.165, 1.54) is 5.56 Å². The molecule has 2 aromatic carbocycles. The largest absolute Gasteiger partial charge is 0.352 e. The summed E-state index contributed by atoms with van der Waals surface area (Å²) in [5, 5.41) is 3.04. The molecule has 0 saturated carbocycles. The van der Waals surface area contributed by atoms with Crippen molar-refractivity contribution in [1.29, 1.82) is 0 Å². The van der Waals surface area contributed by atoms with Crippen molar-refractivity contribution in [3.8, 4) is 0 Å². The molecule has 0 aliphatic heterocycles. The van der Waals surface area contributed by atoms with E-state index in [9.17, 15) is 9.59 Å². The summed E-state index contributed by atoms with van der Waals surface area (Å²) < 4.78 is 1.04. The van der Waals surface area contributed by atoms with E-state index < -0.39 is 6.04 Å². The quantitative estimate of drug-likeness (QED) is 0.458. The number of hydrogen-bond donors (Lipinski definition) is 1. The lowest BCUT2D eigenvalue weighted by molar-refractivity contribution is -0.139. The first-order chi connectivity index (χ1) is 14.4. The van der Waals surface area contributed by atoms with E-state index in [0.717, 1.165) is 22.2 Å². The Balaban J connectivity index is 2.09. The van der Waals surface area contributed by atoms with Crippen molar-refractivity contribution in [2.24, 2.45) is 0 Å². The number of thioether (sulfide) groups is 1. The van der Waals surface area contributed by atoms with Crippen LogP contribution >= 0.6 is 27.7 Å². The second kappa shape index (κ2) is 12.8. The number of amides is 2. The number of benzene rings is 2. The third kappa shape index (κ3) is 7.80. The second-order valence-electron chi connectivity index (χ2n) is 7.37. The van der Waals surface area contributed by atoms with Crippen LogP contribution in [0.15, 0.2) is 59.1 Å². The predicted octanol–water partition coefficient (Wildman–Crippen LogP) is 5.40. The van der Waals surface area contributed by atoms with Crippen LogP contribution < -0.4 is 5.32 Å². The maximum atomic E-state index is 13.2. The molecule has 162 valence electrons. The molecule has 0 radical (unpaired) electrons. The van der Waals surface area contributed by atoms with Crippen molar-refractivity contribution in [2.45, 2.75) is 58.0 Å². The lowest BCUT2D eigenvalue weighted by Crippen LogP contribution is -2.51. The van der Waals surface area contributed by atoms with Crippen LogP contribution in [0.4, 0.5) is 0 Å². The van der Waals surface area contributed by atoms with Gasteiger partial charge in [-0.2, -0.15) is 0 Å². The molecular formula is C24H31BrN2O2S. The zero-order chi connectivity index (χ0) is 21.9. The Hall–Kier alpha value is -1.79. The monoisotopic (exact) mass is 490 g/mol. The minimum atomic E-state index is -0.472. The van der Waals surface area contributed by atoms with Gasteiger partial charge in [0.2, 0.25) is 11.8 Å². The van der Waals surface area contributed by atoms with Gasteiger partial charge in [0.1, 0.15) is 6.04 Å². The van der Waals surface area contributed by atoms with E-state index in [1.807, 2.05) is 63.2 Å². The minimum Gasteiger partial charge on any atom is -0.352 e. The lowest BCUT2D eigenvalue weighted by atomic mass is 10.1. The minimum absolute atomic E-state index is 0.00730. The van der Waals surface area contributed by atoms with Crippen LogP contribution in [-0.4, -0.2) is 34.6 Å². The molecule has 0 aliphatic rings. The Morgan fingerprint density at radius 1 is 1.00 bits per heavy atom. The highest BCUT2D eigenvalue weighted by atomic mass is 79.9. The number of nitrogens with one attached hydrogen (secondary N) is 1. The van der Waals surface area contributed by atoms with Gasteiger partial charge in [0.05, 0.1) is 5.75 Å². The van der Waals surface area contributed by atoms with E-state index in [-0.39, 0.29) is 17.9 Å². The van der Waals surface area contributed by atoms with Crippen molar-refractivity contribution in [3.05, 3.63) is 70.2 Å². The van der Waals surface area contributed by atoms with Gasteiger partial charge in [-0.1, -0.05) is 72.2 Å². The normalized spacial score (nSPS) is 12.8. The number of carbonyl (C=O) groups excluding carboxylic acids is 2. The van der Waals surface area contributed by atoms with Gasteiger partial charge in [-0.05, 0) is 43.0 Å². The van der Waals surface area contributed by atoms with Crippen LogP contribution in [0.1, 0.15) is 44.7 Å². The number of nitrogens with zero attached hydrogens (tertiary/aromatic N) is 1. The van der Waals surface area contributed by atoms with Crippen molar-refractivity contribution in [3.63, 3.8) is 0 Å². The van der Waals surface area contributed by atoms with Crippen LogP contribution in [0.2, 0.25) is 0 Å². The van der Waals surface area contributed by atoms with Crippen molar-refractivity contribution < 1.29 is 9.59 Å². The summed E-state index contributed by atoms with van der Waals surface area (Å²) in [6.07, 6.45) is 1.44. The summed E-state index contributed by atoms with van der Waals surface area (Å²) in [5.41, 5.74) is 2.20. The predicted molar refractivity (Wildman–Crippen MR) is 129 cm³/mol. The summed E-state index contributed by atoms with van der Waals surface area (Å²) in [6, 6.07) is 17.6. The Labute approximate surface area is 192 Å². The summed E-state index contributed by atoms with van der Waals surface area (Å²) >= 11 is 5.02. The van der Waals surface area contributed by atoms with Crippen molar-refractivity contribution in [1.82, 2.24) is 10.2 Å². The average molecular weight is 491 g/mol. The smallest absolute Gasteiger partial charge is 0.243 e. The fraction of sp³-hybridized carbons (Fsp3) is 0.417. The van der Waals surface area contributed by atoms with Gasteiger partial charge >= 0.3 is 0 Å². The number of carbonyl (C=O) groups is 2. The zero-order valence-corrected chi connectivity index (χ0v) is 20.3. The molecule has 2 amide bonds. The van der Waals surface area contributed by atoms with Gasteiger partial charge in [0, 0.05) is 22.8 Å². The average Bonchev–Trinajstić information content (AvgIpc) is 2.75. The number of rotatable bonds is 11. The van der Waals surface area contributed by atoms with E-state index in [2.05, 4.69) is 33.4 Å². The maximum Gasteiger partial charge on any atom is 0.243 e. The van der Waals surface area contributed by atoms with Crippen LogP contribution in [0.25, 0.3) is 0 Å². The molecule has 2 atom stereocenters. The van der Waals surface area contributed by atoms with Crippen LogP contribution in [0.3, 0.4) is 0 Å². The summed E-state index contributed by atoms with van der Waals surface area (Å²) in [7, 11) is 0. The molecule has 2 unspecified atom stereocenters. The first kappa shape index (κ1) is 24.5. The van der Waals surface area contributed by atoms with Gasteiger partial charge in [0.25, 0.3) is 0 Å². The fourth-order valence-electron chi connectivity index (χ4n) is 3.06. The Morgan fingerprint density at radius 3 is 2.27 bits per heavy atom. The van der Waals surface area contributed by atoms with E-state index in [4.69, 9.17) is 0 Å². The van der Waals surface area contributed by atoms with E-state index >= 15 is 0 Å². The molecule has 0 bridgehead atoms. The van der Waals surface area contributed by atoms with E-state index in [0.29, 0.717) is 18.7 Å². The van der Waals surface area contributed by atoms with E-state index in [1.54, 1.807) is 16.7 Å². The Morgan fingerprint density at radius 2 is 1.67 bits per heavy atom. The van der Waals surface area contributed by atoms with Crippen molar-refractivity contribution in [2.75, 3.05) is 5.75 Å². The fourth-order valence-corrected chi connectivity index (χ4v) is 4.20. The van der Waals surface area contributed by atoms with Crippen molar-refractivity contribution >= 4 is 39.5 Å². The molecule has 1 N–H and O–H groups in total. The molecule has 0 fully saturated rings. The summed E-state index contributed by atoms with van der Waals surface area (Å²) in [5.74, 6) is 1.02. The molecule has 30 heavy (non-hydrogen) atoms. The third-order valence-corrected chi connectivity index (χ3v) is 6.51. The van der Waals surface area contributed by atoms with Crippen LogP contribution in [0, 0.1) is 0 Å². The highest BCUT2D eigenvalue weighted by Gasteiger charge is 2.29. The summed E-state index contributed by atoms with van der Waals surface area (Å²) in [4.78, 5) is 27.8. The Bertz CT molecular complexity index is 799. The molecule has 0 aromatic heterocycles. The van der Waals surface area contributed by atoms with Gasteiger partial charge in [-0.15, -0.1) is 11.8 Å². The van der Waals surface area contributed by atoms with Crippen LogP contribution in [-0.2, 0) is 21.9 Å². The zero-order valence-electron chi connectivity index (χ0n) is 17.9. The number of halogens is 1. The molecule has 2 rings (SSSR count). The Kier molecular flexibility index (Phi) is 10.4. The first-order valence-corrected chi connectivity index (χ1v) is 12.3. The molecule has 0 heterocycles. The van der Waals surface area contributed by atoms with Gasteiger partial charge in [0.15, 0.2) is 0 Å². The SMILES string of the molecule is CCC(C)NC(=O)C(CC)N(Cc1ccccc1)C(=O)CSCc1ccc(Br)cc1. The molecule has 0 saturated heterocycles. The van der Waals surface area contributed by atoms with Gasteiger partial charge in [-0.25, -0.2) is 0 Å². The molecule has 0 spiro atoms. The standard InChI is InChI=1S/C24H31BrN2O2S/c1-4-18(3)26-24(29)22(5-2)27(15-19-9-7-6-8-10-19)23(28)17-30-16-20-11-13-21(25)14-12-20/h6-14,18,22H,4-5,15-17H2,1-3H3,(H,26,29). The third-order valence-electron chi connectivity index (χ3n) is 4.99. The topological polar surface area (TPSA) is 49.4 Å². The van der Waals surface area contributed by atoms with Crippen LogP contribution in [0.5, 0.6) is 0 Å². The molecule has 0 aliphatic carbocycles. The first-order valence-electron chi connectivity index (χ1n) is 10.4. The molecule has 6 heteroatoms. The van der Waals surface area contributed by atoms with Gasteiger partial charge in [-0.3, -0.25) is 9.59 Å². The molecular weight excluding hydrogens is 460 g/mol. The maximum absolute atomic E-state index is 13.2. The van der Waals surface area contributed by atoms with Gasteiger partial charge < -0.3 is 10.2 Å². The lowest BCUT2D eigenvalue weighted by Gasteiger charge is -2.31. The molecule has 2 aromatic rings.